The SMILES string of the molecule is C[N+]1=C(c2ccccc2)C(C)(C)C(c2ccccc2)=N1. The molecule has 2 heteroatoms. The molecule has 0 radical (unpaired) electrons. The van der Waals surface area contributed by atoms with Crippen molar-refractivity contribution < 1.29 is 4.68 Å². The van der Waals surface area contributed by atoms with E-state index in [0.29, 0.717) is 0 Å². The van der Waals surface area contributed by atoms with Crippen molar-refractivity contribution in [3.05, 3.63) is 71.8 Å². The summed E-state index contributed by atoms with van der Waals surface area (Å²) < 4.78 is 2.01. The Balaban J connectivity index is 2.08. The van der Waals surface area contributed by atoms with Gasteiger partial charge < -0.3 is 0 Å². The first-order valence-corrected chi connectivity index (χ1v) is 6.92. The van der Waals surface area contributed by atoms with Crippen LogP contribution in [0.4, 0.5) is 0 Å². The average molecular weight is 263 g/mol. The van der Waals surface area contributed by atoms with Gasteiger partial charge >= 0.3 is 0 Å². The van der Waals surface area contributed by atoms with Crippen LogP contribution >= 0.6 is 0 Å². The fraction of sp³-hybridized carbons (Fsp3) is 0.222. The van der Waals surface area contributed by atoms with Crippen LogP contribution in [0.15, 0.2) is 65.8 Å². The molecule has 20 heavy (non-hydrogen) atoms. The van der Waals surface area contributed by atoms with E-state index < -0.39 is 0 Å². The summed E-state index contributed by atoms with van der Waals surface area (Å²) >= 11 is 0. The van der Waals surface area contributed by atoms with Crippen molar-refractivity contribution in [1.82, 2.24) is 0 Å². The van der Waals surface area contributed by atoms with E-state index in [-0.39, 0.29) is 5.41 Å². The van der Waals surface area contributed by atoms with Crippen LogP contribution in [0.25, 0.3) is 0 Å². The summed E-state index contributed by atoms with van der Waals surface area (Å²) in [6.07, 6.45) is 0. The number of hydrogen-bond acceptors (Lipinski definition) is 1. The smallest absolute Gasteiger partial charge is 0.0892 e. The van der Waals surface area contributed by atoms with Crippen molar-refractivity contribution in [3.8, 4) is 0 Å². The lowest BCUT2D eigenvalue weighted by atomic mass is 9.77. The zero-order valence-corrected chi connectivity index (χ0v) is 12.2. The number of hydrogen-bond donors (Lipinski definition) is 0. The van der Waals surface area contributed by atoms with Crippen molar-refractivity contribution in [2.24, 2.45) is 10.5 Å². The summed E-state index contributed by atoms with van der Waals surface area (Å²) in [4.78, 5) is 0. The normalized spacial score (nSPS) is 17.2. The van der Waals surface area contributed by atoms with E-state index in [1.165, 1.54) is 16.8 Å². The third-order valence-electron chi connectivity index (χ3n) is 3.85. The quantitative estimate of drug-likeness (QED) is 0.736. The highest BCUT2D eigenvalue weighted by molar-refractivity contribution is 6.22. The lowest BCUT2D eigenvalue weighted by Gasteiger charge is -2.18. The van der Waals surface area contributed by atoms with E-state index in [2.05, 4.69) is 62.4 Å². The molecule has 0 saturated carbocycles. The first-order valence-electron chi connectivity index (χ1n) is 6.92. The van der Waals surface area contributed by atoms with E-state index >= 15 is 0 Å². The van der Waals surface area contributed by atoms with Crippen LogP contribution in [0.3, 0.4) is 0 Å². The minimum atomic E-state index is -0.0997. The highest BCUT2D eigenvalue weighted by atomic mass is 15.4. The van der Waals surface area contributed by atoms with Gasteiger partial charge in [-0.3, -0.25) is 0 Å². The Hall–Kier alpha value is -2.22. The molecule has 1 heterocycles. The standard InChI is InChI=1S/C18H19N2/c1-18(2)16(14-10-6-4-7-11-14)19-20(3)17(18)15-12-8-5-9-13-15/h4-13H,1-3H3/q+1. The van der Waals surface area contributed by atoms with Crippen LogP contribution in [0.2, 0.25) is 0 Å². The maximum atomic E-state index is 4.78. The second kappa shape index (κ2) is 4.71. The van der Waals surface area contributed by atoms with E-state index in [4.69, 9.17) is 5.10 Å². The molecule has 0 aromatic heterocycles. The van der Waals surface area contributed by atoms with E-state index in [0.717, 1.165) is 5.71 Å². The van der Waals surface area contributed by atoms with Gasteiger partial charge in [-0.05, 0) is 31.1 Å². The number of benzene rings is 2. The predicted octanol–water partition coefficient (Wildman–Crippen LogP) is 3.56. The van der Waals surface area contributed by atoms with Crippen molar-refractivity contribution in [2.45, 2.75) is 13.8 Å². The molecule has 2 aromatic carbocycles. The molecule has 0 spiro atoms. The van der Waals surface area contributed by atoms with Gasteiger partial charge in [-0.1, -0.05) is 53.2 Å². The maximum absolute atomic E-state index is 4.78. The summed E-state index contributed by atoms with van der Waals surface area (Å²) in [7, 11) is 2.03. The number of hydrazone groups is 1. The highest BCUT2D eigenvalue weighted by Gasteiger charge is 2.45. The summed E-state index contributed by atoms with van der Waals surface area (Å²) in [5, 5.41) is 4.78. The zero-order valence-electron chi connectivity index (χ0n) is 12.2. The molecule has 2 nitrogen and oxygen atoms in total. The summed E-state index contributed by atoms with van der Waals surface area (Å²) in [5.74, 6) is 0. The molecule has 0 unspecified atom stereocenters. The number of rotatable bonds is 2. The van der Waals surface area contributed by atoms with Gasteiger partial charge in [0.2, 0.25) is 5.71 Å². The highest BCUT2D eigenvalue weighted by Crippen LogP contribution is 2.32. The molecule has 2 aromatic rings. The fourth-order valence-electron chi connectivity index (χ4n) is 3.00. The molecular weight excluding hydrogens is 244 g/mol. The van der Waals surface area contributed by atoms with Crippen LogP contribution in [0, 0.1) is 5.41 Å². The van der Waals surface area contributed by atoms with Crippen molar-refractivity contribution >= 4 is 11.4 Å². The third kappa shape index (κ3) is 1.97. The average Bonchev–Trinajstić information content (AvgIpc) is 2.70. The third-order valence-corrected chi connectivity index (χ3v) is 3.85. The molecule has 0 N–H and O–H groups in total. The monoisotopic (exact) mass is 263 g/mol. The predicted molar refractivity (Wildman–Crippen MR) is 83.5 cm³/mol. The van der Waals surface area contributed by atoms with Crippen LogP contribution < -0.4 is 0 Å². The minimum absolute atomic E-state index is 0.0997. The second-order valence-corrected chi connectivity index (χ2v) is 5.68. The van der Waals surface area contributed by atoms with Gasteiger partial charge in [-0.25, -0.2) is 0 Å². The first kappa shape index (κ1) is 12.8. The largest absolute Gasteiger partial charge is 0.227 e. The molecule has 0 aliphatic carbocycles. The Labute approximate surface area is 120 Å². The van der Waals surface area contributed by atoms with E-state index in [1.54, 1.807) is 0 Å². The minimum Gasteiger partial charge on any atom is -0.0892 e. The van der Waals surface area contributed by atoms with Gasteiger partial charge in [0.05, 0.1) is 0 Å². The molecule has 0 atom stereocenters. The second-order valence-electron chi connectivity index (χ2n) is 5.68. The van der Waals surface area contributed by atoms with Gasteiger partial charge in [-0.2, -0.15) is 0 Å². The molecular formula is C18H19N2+. The molecule has 1 aliphatic heterocycles. The molecule has 3 rings (SSSR count). The Bertz CT molecular complexity index is 680. The summed E-state index contributed by atoms with van der Waals surface area (Å²) in [5.41, 5.74) is 4.69. The van der Waals surface area contributed by atoms with Gasteiger partial charge in [0, 0.05) is 11.1 Å². The van der Waals surface area contributed by atoms with E-state index in [1.807, 2.05) is 23.9 Å². The van der Waals surface area contributed by atoms with Crippen LogP contribution in [0.5, 0.6) is 0 Å². The van der Waals surface area contributed by atoms with Crippen LogP contribution in [-0.4, -0.2) is 23.2 Å². The Morgan fingerprint density at radius 3 is 1.85 bits per heavy atom. The maximum Gasteiger partial charge on any atom is 0.227 e. The molecule has 0 amide bonds. The van der Waals surface area contributed by atoms with Crippen molar-refractivity contribution in [1.29, 1.82) is 0 Å². The van der Waals surface area contributed by atoms with Crippen molar-refractivity contribution in [3.63, 3.8) is 0 Å². The van der Waals surface area contributed by atoms with E-state index in [9.17, 15) is 0 Å². The molecule has 100 valence electrons. The molecule has 0 saturated heterocycles. The first-order chi connectivity index (χ1) is 9.60. The van der Waals surface area contributed by atoms with Gasteiger partial charge in [0.25, 0.3) is 0 Å². The van der Waals surface area contributed by atoms with Gasteiger partial charge in [0.1, 0.15) is 11.1 Å². The lowest BCUT2D eigenvalue weighted by molar-refractivity contribution is -0.499. The summed E-state index contributed by atoms with van der Waals surface area (Å²) in [6.45, 7) is 4.48. The Morgan fingerprint density at radius 2 is 1.30 bits per heavy atom. The fourth-order valence-corrected chi connectivity index (χ4v) is 3.00. The Morgan fingerprint density at radius 1 is 0.800 bits per heavy atom. The summed E-state index contributed by atoms with van der Waals surface area (Å²) in [6, 6.07) is 20.9. The lowest BCUT2D eigenvalue weighted by Crippen LogP contribution is -2.33. The topological polar surface area (TPSA) is 15.4 Å². The molecule has 0 fully saturated rings. The van der Waals surface area contributed by atoms with Crippen LogP contribution in [-0.2, 0) is 0 Å². The van der Waals surface area contributed by atoms with Gasteiger partial charge in [0.15, 0.2) is 7.05 Å². The van der Waals surface area contributed by atoms with Crippen molar-refractivity contribution in [2.75, 3.05) is 7.05 Å². The van der Waals surface area contributed by atoms with Crippen LogP contribution in [0.1, 0.15) is 25.0 Å². The number of nitrogens with zero attached hydrogens (tertiary/aromatic N) is 2. The zero-order chi connectivity index (χ0) is 14.2. The van der Waals surface area contributed by atoms with Gasteiger partial charge in [-0.15, -0.1) is 0 Å². The Kier molecular flexibility index (Phi) is 3.01. The molecule has 1 aliphatic rings. The molecule has 0 bridgehead atoms.